The molecule has 0 aliphatic carbocycles. The second kappa shape index (κ2) is 11.7. The Morgan fingerprint density at radius 3 is 2.59 bits per heavy atom. The maximum absolute atomic E-state index is 13.4. The lowest BCUT2D eigenvalue weighted by Crippen LogP contribution is -2.43. The highest BCUT2D eigenvalue weighted by Crippen LogP contribution is 2.32. The molecule has 1 aliphatic rings. The lowest BCUT2D eigenvalue weighted by Gasteiger charge is -2.31. The zero-order valence-corrected chi connectivity index (χ0v) is 22.9. The summed E-state index contributed by atoms with van der Waals surface area (Å²) in [6.45, 7) is 5.62. The van der Waals surface area contributed by atoms with E-state index in [0.717, 1.165) is 22.2 Å². The molecule has 1 fully saturated rings. The predicted octanol–water partition coefficient (Wildman–Crippen LogP) is 4.65. The van der Waals surface area contributed by atoms with Crippen LogP contribution in [-0.4, -0.2) is 56.9 Å². The fourth-order valence-corrected chi connectivity index (χ4v) is 6.38. The molecule has 2 N–H and O–H groups in total. The number of ether oxygens (including phenoxy) is 1. The maximum atomic E-state index is 13.4. The molecule has 1 aliphatic heterocycles. The molecule has 1 amide bonds. The van der Waals surface area contributed by atoms with Gasteiger partial charge in [-0.05, 0) is 60.7 Å². The molecule has 198 valence electrons. The van der Waals surface area contributed by atoms with Gasteiger partial charge in [-0.3, -0.25) is 9.78 Å². The number of amides is 1. The molecule has 0 bridgehead atoms. The van der Waals surface area contributed by atoms with Gasteiger partial charge >= 0.3 is 0 Å². The number of anilines is 1. The largest absolute Gasteiger partial charge is 0.495 e. The number of methoxy groups -OCH3 is 1. The van der Waals surface area contributed by atoms with Crippen LogP contribution in [0.1, 0.15) is 38.2 Å². The van der Waals surface area contributed by atoms with Crippen molar-refractivity contribution in [3.8, 4) is 5.75 Å². The van der Waals surface area contributed by atoms with Gasteiger partial charge in [0, 0.05) is 54.4 Å². The molecule has 2 aromatic carbocycles. The van der Waals surface area contributed by atoms with Crippen molar-refractivity contribution >= 4 is 44.1 Å². The maximum Gasteiger partial charge on any atom is 0.246 e. The molecular weight excluding hydrogens is 512 g/mol. The first-order chi connectivity index (χ1) is 17.7. The van der Waals surface area contributed by atoms with E-state index >= 15 is 0 Å². The molecule has 0 unspecified atom stereocenters. The summed E-state index contributed by atoms with van der Waals surface area (Å²) in [5.74, 6) is 0.255. The first-order valence-electron chi connectivity index (χ1n) is 12.4. The van der Waals surface area contributed by atoms with Crippen molar-refractivity contribution in [3.63, 3.8) is 0 Å². The smallest absolute Gasteiger partial charge is 0.246 e. The number of carbonyl (C=O) groups is 1. The fraction of sp³-hybridized carbons (Fsp3) is 0.407. The average molecular weight is 545 g/mol. The van der Waals surface area contributed by atoms with Crippen molar-refractivity contribution in [2.45, 2.75) is 37.5 Å². The molecule has 8 nitrogen and oxygen atoms in total. The molecule has 3 aromatic rings. The Bertz CT molecular complexity index is 1370. The van der Waals surface area contributed by atoms with E-state index in [-0.39, 0.29) is 22.6 Å². The molecule has 0 radical (unpaired) electrons. The van der Waals surface area contributed by atoms with Gasteiger partial charge in [0.15, 0.2) is 0 Å². The number of halogens is 1. The second-order valence-electron chi connectivity index (χ2n) is 9.48. The Kier molecular flexibility index (Phi) is 8.56. The van der Waals surface area contributed by atoms with E-state index in [0.29, 0.717) is 49.8 Å². The third-order valence-corrected chi connectivity index (χ3v) is 8.90. The second-order valence-corrected chi connectivity index (χ2v) is 11.8. The predicted molar refractivity (Wildman–Crippen MR) is 147 cm³/mol. The number of fused-ring (bicyclic) bond motifs is 1. The molecule has 1 aromatic heterocycles. The first-order valence-corrected chi connectivity index (χ1v) is 14.3. The summed E-state index contributed by atoms with van der Waals surface area (Å²) in [5.41, 5.74) is 2.66. The van der Waals surface area contributed by atoms with Gasteiger partial charge < -0.3 is 15.4 Å². The summed E-state index contributed by atoms with van der Waals surface area (Å²) >= 11 is 6.05. The zero-order chi connectivity index (χ0) is 26.6. The van der Waals surface area contributed by atoms with Crippen LogP contribution in [0.15, 0.2) is 53.6 Å². The summed E-state index contributed by atoms with van der Waals surface area (Å²) in [4.78, 5) is 17.3. The third kappa shape index (κ3) is 6.17. The summed E-state index contributed by atoms with van der Waals surface area (Å²) in [5, 5.41) is 7.91. The summed E-state index contributed by atoms with van der Waals surface area (Å²) < 4.78 is 33.6. The number of nitrogens with one attached hydrogen (secondary N) is 2. The molecule has 1 saturated heterocycles. The van der Waals surface area contributed by atoms with Crippen molar-refractivity contribution in [2.75, 3.05) is 38.6 Å². The van der Waals surface area contributed by atoms with E-state index < -0.39 is 10.0 Å². The number of benzene rings is 2. The van der Waals surface area contributed by atoms with Gasteiger partial charge in [0.05, 0.1) is 12.6 Å². The minimum atomic E-state index is -3.73. The Hall–Kier alpha value is -2.88. The third-order valence-electron chi connectivity index (χ3n) is 6.74. The Morgan fingerprint density at radius 1 is 1.14 bits per heavy atom. The molecule has 2 heterocycles. The van der Waals surface area contributed by atoms with Gasteiger partial charge in [-0.2, -0.15) is 4.31 Å². The number of hydrogen-bond donors (Lipinski definition) is 2. The quantitative estimate of drug-likeness (QED) is 0.380. The summed E-state index contributed by atoms with van der Waals surface area (Å²) in [6.07, 6.45) is 2.66. The van der Waals surface area contributed by atoms with Gasteiger partial charge in [-0.1, -0.05) is 31.5 Å². The van der Waals surface area contributed by atoms with Gasteiger partial charge in [0.1, 0.15) is 10.6 Å². The van der Waals surface area contributed by atoms with Crippen LogP contribution in [0.2, 0.25) is 5.02 Å². The number of pyridine rings is 1. The van der Waals surface area contributed by atoms with Crippen LogP contribution in [0.4, 0.5) is 5.69 Å². The van der Waals surface area contributed by atoms with Crippen LogP contribution in [0.25, 0.3) is 10.9 Å². The van der Waals surface area contributed by atoms with E-state index in [4.69, 9.17) is 16.3 Å². The number of carbonyl (C=O) groups excluding carboxylic acids is 1. The lowest BCUT2D eigenvalue weighted by molar-refractivity contribution is -0.126. The molecule has 37 heavy (non-hydrogen) atoms. The monoisotopic (exact) mass is 544 g/mol. The van der Waals surface area contributed by atoms with Crippen molar-refractivity contribution in [3.05, 3.63) is 59.2 Å². The standard InChI is InChI=1S/C27H33ClN4O4S/c1-18(2)20-4-7-25(36-3)26(16-20)37(34,35)32-14-9-19(10-15-32)27(33)31-13-12-30-23-8-11-29-24-17-21(28)5-6-22(23)24/h4-8,11,16-19H,9-10,12-15H2,1-3H3,(H,29,30)(H,31,33). The lowest BCUT2D eigenvalue weighted by atomic mass is 9.97. The van der Waals surface area contributed by atoms with Crippen molar-refractivity contribution < 1.29 is 17.9 Å². The number of hydrogen-bond acceptors (Lipinski definition) is 6. The molecule has 0 atom stereocenters. The van der Waals surface area contributed by atoms with Gasteiger partial charge in [0.2, 0.25) is 15.9 Å². The van der Waals surface area contributed by atoms with Crippen LogP contribution in [-0.2, 0) is 14.8 Å². The fourth-order valence-electron chi connectivity index (χ4n) is 4.55. The Morgan fingerprint density at radius 2 is 1.89 bits per heavy atom. The number of sulfonamides is 1. The SMILES string of the molecule is COc1ccc(C(C)C)cc1S(=O)(=O)N1CCC(C(=O)NCCNc2ccnc3cc(Cl)ccc23)CC1. The number of rotatable bonds is 9. The number of piperidine rings is 1. The topological polar surface area (TPSA) is 101 Å². The van der Waals surface area contributed by atoms with Crippen molar-refractivity contribution in [2.24, 2.45) is 5.92 Å². The minimum Gasteiger partial charge on any atom is -0.495 e. The summed E-state index contributed by atoms with van der Waals surface area (Å²) in [6, 6.07) is 12.7. The van der Waals surface area contributed by atoms with Crippen LogP contribution in [0.3, 0.4) is 0 Å². The van der Waals surface area contributed by atoms with Crippen LogP contribution < -0.4 is 15.4 Å². The Balaban J connectivity index is 1.30. The molecule has 0 spiro atoms. The highest BCUT2D eigenvalue weighted by molar-refractivity contribution is 7.89. The summed E-state index contributed by atoms with van der Waals surface area (Å²) in [7, 11) is -2.26. The van der Waals surface area contributed by atoms with E-state index in [2.05, 4.69) is 15.6 Å². The van der Waals surface area contributed by atoms with Crippen LogP contribution in [0.5, 0.6) is 5.75 Å². The van der Waals surface area contributed by atoms with E-state index in [1.165, 1.54) is 11.4 Å². The minimum absolute atomic E-state index is 0.0513. The highest BCUT2D eigenvalue weighted by Gasteiger charge is 2.34. The molecule has 10 heteroatoms. The molecular formula is C27H33ClN4O4S. The van der Waals surface area contributed by atoms with E-state index in [1.54, 1.807) is 18.3 Å². The number of aromatic nitrogens is 1. The van der Waals surface area contributed by atoms with Gasteiger partial charge in [-0.15, -0.1) is 0 Å². The molecule has 0 saturated carbocycles. The normalized spacial score (nSPS) is 15.2. The van der Waals surface area contributed by atoms with Gasteiger partial charge in [-0.25, -0.2) is 8.42 Å². The zero-order valence-electron chi connectivity index (χ0n) is 21.3. The first kappa shape index (κ1) is 27.2. The van der Waals surface area contributed by atoms with Crippen molar-refractivity contribution in [1.29, 1.82) is 0 Å². The molecule has 4 rings (SSSR count). The van der Waals surface area contributed by atoms with Crippen molar-refractivity contribution in [1.82, 2.24) is 14.6 Å². The van der Waals surface area contributed by atoms with Gasteiger partial charge in [0.25, 0.3) is 0 Å². The van der Waals surface area contributed by atoms with Crippen LogP contribution >= 0.6 is 11.6 Å². The Labute approximate surface area is 223 Å². The highest BCUT2D eigenvalue weighted by atomic mass is 35.5. The average Bonchev–Trinajstić information content (AvgIpc) is 2.90. The van der Waals surface area contributed by atoms with Crippen LogP contribution in [0, 0.1) is 5.92 Å². The number of nitrogens with zero attached hydrogens (tertiary/aromatic N) is 2. The van der Waals surface area contributed by atoms with E-state index in [9.17, 15) is 13.2 Å². The van der Waals surface area contributed by atoms with E-state index in [1.807, 2.05) is 44.2 Å².